The number of carbonyl (C=O) groups is 1. The summed E-state index contributed by atoms with van der Waals surface area (Å²) in [5.41, 5.74) is 3.37. The van der Waals surface area contributed by atoms with Crippen molar-refractivity contribution in [2.24, 2.45) is 0 Å². The molecule has 144 valence electrons. The Labute approximate surface area is 171 Å². The van der Waals surface area contributed by atoms with E-state index in [4.69, 9.17) is 16.3 Å². The third-order valence-electron chi connectivity index (χ3n) is 4.14. The maximum Gasteiger partial charge on any atom is 0.262 e. The van der Waals surface area contributed by atoms with Crippen molar-refractivity contribution in [3.05, 3.63) is 84.1 Å². The summed E-state index contributed by atoms with van der Waals surface area (Å²) >= 11 is 6.32. The van der Waals surface area contributed by atoms with Gasteiger partial charge in [0.05, 0.1) is 10.7 Å². The van der Waals surface area contributed by atoms with Gasteiger partial charge in [0.2, 0.25) is 0 Å². The Balaban J connectivity index is 1.38. The zero-order valence-corrected chi connectivity index (χ0v) is 16.0. The zero-order chi connectivity index (χ0) is 20.1. The highest BCUT2D eigenvalue weighted by molar-refractivity contribution is 6.32. The van der Waals surface area contributed by atoms with Crippen molar-refractivity contribution in [2.75, 3.05) is 11.9 Å². The minimum Gasteiger partial charge on any atom is -0.482 e. The van der Waals surface area contributed by atoms with Crippen LogP contribution in [0.2, 0.25) is 5.02 Å². The number of hydrogen-bond acceptors (Lipinski definition) is 5. The van der Waals surface area contributed by atoms with Gasteiger partial charge in [-0.2, -0.15) is 0 Å². The lowest BCUT2D eigenvalue weighted by atomic mass is 10.1. The van der Waals surface area contributed by atoms with E-state index < -0.39 is 0 Å². The summed E-state index contributed by atoms with van der Waals surface area (Å²) in [6, 6.07) is 22.5. The normalized spacial score (nSPS) is 10.5. The van der Waals surface area contributed by atoms with Gasteiger partial charge in [0.1, 0.15) is 12.1 Å². The highest BCUT2D eigenvalue weighted by Gasteiger charge is 2.09. The van der Waals surface area contributed by atoms with Crippen molar-refractivity contribution in [3.63, 3.8) is 0 Å². The van der Waals surface area contributed by atoms with Crippen molar-refractivity contribution in [1.29, 1.82) is 0 Å². The van der Waals surface area contributed by atoms with E-state index in [2.05, 4.69) is 20.8 Å². The smallest absolute Gasteiger partial charge is 0.262 e. The number of aromatic nitrogens is 4. The highest BCUT2D eigenvalue weighted by Crippen LogP contribution is 2.30. The summed E-state index contributed by atoms with van der Waals surface area (Å²) < 4.78 is 7.08. The third kappa shape index (κ3) is 4.59. The maximum atomic E-state index is 12.3. The summed E-state index contributed by atoms with van der Waals surface area (Å²) in [5.74, 6) is 0.144. The Bertz CT molecular complexity index is 1120. The molecule has 1 amide bonds. The molecule has 1 aromatic heterocycles. The van der Waals surface area contributed by atoms with Gasteiger partial charge in [0, 0.05) is 5.69 Å². The predicted molar refractivity (Wildman–Crippen MR) is 110 cm³/mol. The van der Waals surface area contributed by atoms with Crippen LogP contribution in [0.3, 0.4) is 0 Å². The van der Waals surface area contributed by atoms with Crippen molar-refractivity contribution >= 4 is 23.2 Å². The SMILES string of the molecule is O=C(COc1ccc(-c2ccccc2)cc1Cl)Nc1cccc(-n2cnnn2)c1. The van der Waals surface area contributed by atoms with Crippen molar-refractivity contribution in [2.45, 2.75) is 0 Å². The van der Waals surface area contributed by atoms with Crippen molar-refractivity contribution in [1.82, 2.24) is 20.2 Å². The first-order valence-electron chi connectivity index (χ1n) is 8.80. The number of rotatable bonds is 6. The Kier molecular flexibility index (Phi) is 5.49. The molecule has 7 nitrogen and oxygen atoms in total. The molecule has 0 bridgehead atoms. The summed E-state index contributed by atoms with van der Waals surface area (Å²) in [4.78, 5) is 12.3. The van der Waals surface area contributed by atoms with Gasteiger partial charge in [-0.3, -0.25) is 4.79 Å². The molecule has 0 atom stereocenters. The van der Waals surface area contributed by atoms with Gasteiger partial charge in [0.15, 0.2) is 6.61 Å². The Morgan fingerprint density at radius 2 is 1.86 bits per heavy atom. The largest absolute Gasteiger partial charge is 0.482 e. The second-order valence-corrected chi connectivity index (χ2v) is 6.56. The van der Waals surface area contributed by atoms with Crippen molar-refractivity contribution < 1.29 is 9.53 Å². The second-order valence-electron chi connectivity index (χ2n) is 6.15. The number of amides is 1. The van der Waals surface area contributed by atoms with Gasteiger partial charge in [-0.15, -0.1) is 5.10 Å². The standard InChI is InChI=1S/C21H16ClN5O2/c22-19-11-16(15-5-2-1-3-6-15)9-10-20(19)29-13-21(28)24-17-7-4-8-18(12-17)27-14-23-25-26-27/h1-12,14H,13H2,(H,24,28). The van der Waals surface area contributed by atoms with Crippen molar-refractivity contribution in [3.8, 4) is 22.6 Å². The molecule has 29 heavy (non-hydrogen) atoms. The summed E-state index contributed by atoms with van der Waals surface area (Å²) in [6.07, 6.45) is 1.48. The fourth-order valence-corrected chi connectivity index (χ4v) is 3.01. The molecule has 4 aromatic rings. The molecule has 1 heterocycles. The van der Waals surface area contributed by atoms with Crippen LogP contribution in [0, 0.1) is 0 Å². The van der Waals surface area contributed by atoms with Gasteiger partial charge in [0.25, 0.3) is 5.91 Å². The third-order valence-corrected chi connectivity index (χ3v) is 4.44. The number of ether oxygens (including phenoxy) is 1. The molecule has 0 radical (unpaired) electrons. The molecule has 0 aliphatic heterocycles. The molecule has 0 unspecified atom stereocenters. The fraction of sp³-hybridized carbons (Fsp3) is 0.0476. The van der Waals surface area contributed by atoms with Crippen LogP contribution in [-0.4, -0.2) is 32.7 Å². The van der Waals surface area contributed by atoms with Gasteiger partial charge >= 0.3 is 0 Å². The van der Waals surface area contributed by atoms with E-state index >= 15 is 0 Å². The first-order chi connectivity index (χ1) is 14.2. The van der Waals surface area contributed by atoms with E-state index in [1.165, 1.54) is 11.0 Å². The number of nitrogens with zero attached hydrogens (tertiary/aromatic N) is 4. The number of benzene rings is 3. The first-order valence-corrected chi connectivity index (χ1v) is 9.18. The maximum absolute atomic E-state index is 12.3. The molecular formula is C21H16ClN5O2. The number of tetrazole rings is 1. The molecule has 0 aliphatic rings. The number of halogens is 1. The highest BCUT2D eigenvalue weighted by atomic mass is 35.5. The van der Waals surface area contributed by atoms with Crippen LogP contribution in [0.5, 0.6) is 5.75 Å². The second kappa shape index (κ2) is 8.53. The van der Waals surface area contributed by atoms with Gasteiger partial charge in [-0.1, -0.05) is 54.1 Å². The number of hydrogen-bond donors (Lipinski definition) is 1. The van der Waals surface area contributed by atoms with Gasteiger partial charge in [-0.05, 0) is 51.9 Å². The summed E-state index contributed by atoms with van der Waals surface area (Å²) in [6.45, 7) is -0.167. The van der Waals surface area contributed by atoms with Crippen LogP contribution < -0.4 is 10.1 Å². The molecule has 0 aliphatic carbocycles. The molecule has 0 spiro atoms. The minimum atomic E-state index is -0.304. The van der Waals surface area contributed by atoms with Gasteiger partial charge in [-0.25, -0.2) is 4.68 Å². The van der Waals surface area contributed by atoms with E-state index in [0.29, 0.717) is 16.5 Å². The van der Waals surface area contributed by atoms with E-state index in [-0.39, 0.29) is 12.5 Å². The van der Waals surface area contributed by atoms with E-state index in [9.17, 15) is 4.79 Å². The first kappa shape index (κ1) is 18.6. The average molecular weight is 406 g/mol. The Morgan fingerprint density at radius 3 is 2.62 bits per heavy atom. The number of nitrogens with one attached hydrogen (secondary N) is 1. The van der Waals surface area contributed by atoms with Crippen LogP contribution in [0.1, 0.15) is 0 Å². The number of anilines is 1. The lowest BCUT2D eigenvalue weighted by Crippen LogP contribution is -2.20. The summed E-state index contributed by atoms with van der Waals surface area (Å²) in [5, 5.41) is 14.2. The predicted octanol–water partition coefficient (Wildman–Crippen LogP) is 4.00. The molecule has 0 saturated carbocycles. The van der Waals surface area contributed by atoms with Crippen LogP contribution in [0.15, 0.2) is 79.1 Å². The van der Waals surface area contributed by atoms with Crippen LogP contribution in [0.25, 0.3) is 16.8 Å². The molecule has 4 rings (SSSR count). The van der Waals surface area contributed by atoms with E-state index in [0.717, 1.165) is 16.8 Å². The summed E-state index contributed by atoms with van der Waals surface area (Å²) in [7, 11) is 0. The molecule has 0 saturated heterocycles. The monoisotopic (exact) mass is 405 g/mol. The average Bonchev–Trinajstić information content (AvgIpc) is 3.29. The Hall–Kier alpha value is -3.71. The zero-order valence-electron chi connectivity index (χ0n) is 15.2. The quantitative estimate of drug-likeness (QED) is 0.524. The fourth-order valence-electron chi connectivity index (χ4n) is 2.77. The molecule has 0 fully saturated rings. The van der Waals surface area contributed by atoms with E-state index in [1.54, 1.807) is 24.3 Å². The topological polar surface area (TPSA) is 81.9 Å². The van der Waals surface area contributed by atoms with Crippen LogP contribution in [0.4, 0.5) is 5.69 Å². The molecular weight excluding hydrogens is 390 g/mol. The number of carbonyl (C=O) groups excluding carboxylic acids is 1. The molecule has 1 N–H and O–H groups in total. The lowest BCUT2D eigenvalue weighted by molar-refractivity contribution is -0.118. The van der Waals surface area contributed by atoms with Crippen LogP contribution in [-0.2, 0) is 4.79 Å². The van der Waals surface area contributed by atoms with E-state index in [1.807, 2.05) is 48.5 Å². The Morgan fingerprint density at radius 1 is 1.00 bits per heavy atom. The molecule has 8 heteroatoms. The van der Waals surface area contributed by atoms with Crippen LogP contribution >= 0.6 is 11.6 Å². The minimum absolute atomic E-state index is 0.167. The lowest BCUT2D eigenvalue weighted by Gasteiger charge is -2.11. The molecule has 3 aromatic carbocycles. The van der Waals surface area contributed by atoms with Gasteiger partial charge < -0.3 is 10.1 Å².